The highest BCUT2D eigenvalue weighted by atomic mass is 32.2. The Kier molecular flexibility index (Phi) is 5.58. The molecule has 3 aromatic rings. The molecule has 0 saturated carbocycles. The summed E-state index contributed by atoms with van der Waals surface area (Å²) in [6, 6.07) is 17.3. The van der Waals surface area contributed by atoms with Gasteiger partial charge in [-0.05, 0) is 48.5 Å². The first kappa shape index (κ1) is 18.7. The second-order valence-electron chi connectivity index (χ2n) is 5.74. The summed E-state index contributed by atoms with van der Waals surface area (Å²) in [5.74, 6) is -0.0287. The van der Waals surface area contributed by atoms with Crippen molar-refractivity contribution in [1.82, 2.24) is 5.32 Å². The maximum Gasteiger partial charge on any atom is 0.261 e. The van der Waals surface area contributed by atoms with Crippen LogP contribution in [0.4, 0.5) is 5.69 Å². The fourth-order valence-electron chi connectivity index (χ4n) is 2.38. The summed E-state index contributed by atoms with van der Waals surface area (Å²) in [5.41, 5.74) is 0.676. The van der Waals surface area contributed by atoms with Crippen molar-refractivity contribution in [3.63, 3.8) is 0 Å². The topological polar surface area (TPSA) is 109 Å². The number of anilines is 1. The zero-order valence-electron chi connectivity index (χ0n) is 14.2. The molecule has 1 aromatic heterocycles. The first-order valence-corrected chi connectivity index (χ1v) is 9.61. The van der Waals surface area contributed by atoms with Gasteiger partial charge in [0.2, 0.25) is 0 Å². The van der Waals surface area contributed by atoms with Gasteiger partial charge < -0.3 is 14.8 Å². The molecule has 0 saturated heterocycles. The Hall–Kier alpha value is -3.10. The highest BCUT2D eigenvalue weighted by Crippen LogP contribution is 2.17. The standard InChI is InChI=1S/C19H18N2O5S/c22-17(18-7-4-12-26-18)13-20-19(23)14-8-10-15(11-9-14)21-27(24,25)16-5-2-1-3-6-16/h1-12,17,21-22H,13H2,(H,20,23). The van der Waals surface area contributed by atoms with E-state index in [0.717, 1.165) is 0 Å². The summed E-state index contributed by atoms with van der Waals surface area (Å²) in [4.78, 5) is 12.3. The van der Waals surface area contributed by atoms with Gasteiger partial charge in [0.1, 0.15) is 11.9 Å². The van der Waals surface area contributed by atoms with Crippen molar-refractivity contribution in [3.05, 3.63) is 84.3 Å². The first-order chi connectivity index (χ1) is 13.0. The van der Waals surface area contributed by atoms with E-state index in [2.05, 4.69) is 10.0 Å². The molecule has 3 rings (SSSR count). The first-order valence-electron chi connectivity index (χ1n) is 8.13. The van der Waals surface area contributed by atoms with Crippen molar-refractivity contribution in [2.45, 2.75) is 11.0 Å². The van der Waals surface area contributed by atoms with Crippen molar-refractivity contribution in [2.75, 3.05) is 11.3 Å². The number of benzene rings is 2. The van der Waals surface area contributed by atoms with Crippen molar-refractivity contribution >= 4 is 21.6 Å². The summed E-state index contributed by atoms with van der Waals surface area (Å²) in [6.45, 7) is -0.00522. The summed E-state index contributed by atoms with van der Waals surface area (Å²) in [5, 5.41) is 12.5. The van der Waals surface area contributed by atoms with Crippen molar-refractivity contribution in [1.29, 1.82) is 0 Å². The van der Waals surface area contributed by atoms with Gasteiger partial charge in [0.05, 0.1) is 17.7 Å². The molecule has 1 heterocycles. The molecule has 1 unspecified atom stereocenters. The second kappa shape index (κ2) is 8.07. The number of nitrogens with one attached hydrogen (secondary N) is 2. The SMILES string of the molecule is O=C(NCC(O)c1ccco1)c1ccc(NS(=O)(=O)c2ccccc2)cc1. The Balaban J connectivity index is 1.60. The lowest BCUT2D eigenvalue weighted by Crippen LogP contribution is -2.28. The van der Waals surface area contributed by atoms with E-state index in [1.54, 1.807) is 30.3 Å². The minimum Gasteiger partial charge on any atom is -0.467 e. The van der Waals surface area contributed by atoms with E-state index >= 15 is 0 Å². The van der Waals surface area contributed by atoms with Gasteiger partial charge in [0.15, 0.2) is 0 Å². The molecule has 1 amide bonds. The average Bonchev–Trinajstić information content (AvgIpc) is 3.22. The van der Waals surface area contributed by atoms with Crippen LogP contribution in [0.5, 0.6) is 0 Å². The maximum absolute atomic E-state index is 12.3. The Bertz CT molecular complexity index is 984. The molecule has 1 atom stereocenters. The molecule has 0 fully saturated rings. The predicted molar refractivity (Wildman–Crippen MR) is 99.7 cm³/mol. The normalized spacial score (nSPS) is 12.3. The highest BCUT2D eigenvalue weighted by molar-refractivity contribution is 7.92. The van der Waals surface area contributed by atoms with E-state index in [9.17, 15) is 18.3 Å². The van der Waals surface area contributed by atoms with Crippen LogP contribution in [0.25, 0.3) is 0 Å². The van der Waals surface area contributed by atoms with Crippen molar-refractivity contribution in [2.24, 2.45) is 0 Å². The number of rotatable bonds is 7. The molecule has 0 bridgehead atoms. The molecule has 0 aliphatic rings. The van der Waals surface area contributed by atoms with Crippen LogP contribution < -0.4 is 10.0 Å². The van der Waals surface area contributed by atoms with Crippen LogP contribution >= 0.6 is 0 Å². The van der Waals surface area contributed by atoms with E-state index in [0.29, 0.717) is 17.0 Å². The zero-order chi connectivity index (χ0) is 19.3. The van der Waals surface area contributed by atoms with Gasteiger partial charge in [-0.15, -0.1) is 0 Å². The smallest absolute Gasteiger partial charge is 0.261 e. The van der Waals surface area contributed by atoms with Crippen LogP contribution in [0.15, 0.2) is 82.3 Å². The van der Waals surface area contributed by atoms with Gasteiger partial charge in [0.25, 0.3) is 15.9 Å². The number of carbonyl (C=O) groups is 1. The van der Waals surface area contributed by atoms with E-state index in [-0.39, 0.29) is 11.4 Å². The molecular weight excluding hydrogens is 368 g/mol. The lowest BCUT2D eigenvalue weighted by molar-refractivity contribution is 0.0901. The van der Waals surface area contributed by atoms with Crippen molar-refractivity contribution in [3.8, 4) is 0 Å². The molecule has 7 nitrogen and oxygen atoms in total. The fourth-order valence-corrected chi connectivity index (χ4v) is 3.46. The van der Waals surface area contributed by atoms with Crippen LogP contribution in [0.1, 0.15) is 22.2 Å². The second-order valence-corrected chi connectivity index (χ2v) is 7.42. The van der Waals surface area contributed by atoms with Gasteiger partial charge >= 0.3 is 0 Å². The molecule has 3 N–H and O–H groups in total. The number of carbonyl (C=O) groups excluding carboxylic acids is 1. The van der Waals surface area contributed by atoms with Crippen LogP contribution in [0, 0.1) is 0 Å². The van der Waals surface area contributed by atoms with Gasteiger partial charge in [-0.3, -0.25) is 9.52 Å². The lowest BCUT2D eigenvalue weighted by atomic mass is 10.2. The molecule has 0 radical (unpaired) electrons. The van der Waals surface area contributed by atoms with Crippen molar-refractivity contribution < 1.29 is 22.7 Å². The Morgan fingerprint density at radius 3 is 2.33 bits per heavy atom. The third kappa shape index (κ3) is 4.75. The summed E-state index contributed by atoms with van der Waals surface area (Å²) >= 11 is 0. The third-order valence-electron chi connectivity index (χ3n) is 3.78. The van der Waals surface area contributed by atoms with Crippen LogP contribution in [0.3, 0.4) is 0 Å². The number of hydrogen-bond donors (Lipinski definition) is 3. The summed E-state index contributed by atoms with van der Waals surface area (Å²) < 4.78 is 32.1. The van der Waals surface area contributed by atoms with Gasteiger partial charge in [-0.1, -0.05) is 18.2 Å². The molecular formula is C19H18N2O5S. The molecule has 0 aliphatic carbocycles. The minimum atomic E-state index is -3.69. The minimum absolute atomic E-state index is 0.00522. The molecule has 27 heavy (non-hydrogen) atoms. The maximum atomic E-state index is 12.3. The Labute approximate surface area is 156 Å². The van der Waals surface area contributed by atoms with E-state index in [1.165, 1.54) is 42.7 Å². The number of aliphatic hydroxyl groups is 1. The summed E-state index contributed by atoms with van der Waals surface area (Å²) in [7, 11) is -3.69. The third-order valence-corrected chi connectivity index (χ3v) is 5.18. The number of sulfonamides is 1. The number of hydrogen-bond acceptors (Lipinski definition) is 5. The number of aliphatic hydroxyl groups excluding tert-OH is 1. The predicted octanol–water partition coefficient (Wildman–Crippen LogP) is 2.54. The van der Waals surface area contributed by atoms with E-state index in [1.807, 2.05) is 0 Å². The van der Waals surface area contributed by atoms with Gasteiger partial charge in [-0.25, -0.2) is 8.42 Å². The van der Waals surface area contributed by atoms with Gasteiger partial charge in [-0.2, -0.15) is 0 Å². The lowest BCUT2D eigenvalue weighted by Gasteiger charge is -2.11. The van der Waals surface area contributed by atoms with Crippen LogP contribution in [0.2, 0.25) is 0 Å². The zero-order valence-corrected chi connectivity index (χ0v) is 15.0. The molecule has 0 spiro atoms. The Morgan fingerprint density at radius 1 is 1.00 bits per heavy atom. The summed E-state index contributed by atoms with van der Waals surface area (Å²) in [6.07, 6.45) is 0.496. The average molecular weight is 386 g/mol. The largest absolute Gasteiger partial charge is 0.467 e. The number of furan rings is 1. The molecule has 140 valence electrons. The van der Waals surface area contributed by atoms with E-state index < -0.39 is 22.0 Å². The fraction of sp³-hybridized carbons (Fsp3) is 0.105. The van der Waals surface area contributed by atoms with Crippen LogP contribution in [-0.4, -0.2) is 26.0 Å². The molecule has 0 aliphatic heterocycles. The van der Waals surface area contributed by atoms with Gasteiger partial charge in [0, 0.05) is 11.3 Å². The molecule has 2 aromatic carbocycles. The monoisotopic (exact) mass is 386 g/mol. The number of amides is 1. The van der Waals surface area contributed by atoms with Crippen LogP contribution in [-0.2, 0) is 10.0 Å². The quantitative estimate of drug-likeness (QED) is 0.578. The molecule has 8 heteroatoms. The Morgan fingerprint density at radius 2 is 1.70 bits per heavy atom. The highest BCUT2D eigenvalue weighted by Gasteiger charge is 2.15. The van der Waals surface area contributed by atoms with E-state index in [4.69, 9.17) is 4.42 Å².